The van der Waals surface area contributed by atoms with Crippen molar-refractivity contribution in [1.29, 1.82) is 0 Å². The Balaban J connectivity index is 2.06. The van der Waals surface area contributed by atoms with Crippen LogP contribution in [0.2, 0.25) is 0 Å². The molecule has 2 rings (SSSR count). The molecule has 1 amide bonds. The first-order valence-electron chi connectivity index (χ1n) is 6.23. The minimum atomic E-state index is -0.362. The monoisotopic (exact) mass is 274 g/mol. The van der Waals surface area contributed by atoms with Crippen LogP contribution in [0.5, 0.6) is 0 Å². The lowest BCUT2D eigenvalue weighted by Crippen LogP contribution is -2.34. The van der Waals surface area contributed by atoms with Crippen LogP contribution in [-0.2, 0) is 11.3 Å². The molecule has 0 fully saturated rings. The third-order valence-electron chi connectivity index (χ3n) is 2.73. The Bertz CT molecular complexity index is 556. The van der Waals surface area contributed by atoms with Crippen LogP contribution in [0, 0.1) is 5.41 Å². The van der Waals surface area contributed by atoms with Crippen LogP contribution in [0.1, 0.15) is 26.3 Å². The van der Waals surface area contributed by atoms with Crippen molar-refractivity contribution >= 4 is 17.2 Å². The number of nitrogens with zero attached hydrogens (tertiary/aromatic N) is 1. The number of hydrogen-bond acceptors (Lipinski definition) is 3. The largest absolute Gasteiger partial charge is 0.352 e. The number of pyridine rings is 1. The first-order valence-corrected chi connectivity index (χ1v) is 7.11. The van der Waals surface area contributed by atoms with Gasteiger partial charge in [0.1, 0.15) is 0 Å². The molecule has 3 nitrogen and oxygen atoms in total. The molecule has 19 heavy (non-hydrogen) atoms. The highest BCUT2D eigenvalue weighted by atomic mass is 32.1. The van der Waals surface area contributed by atoms with Crippen LogP contribution in [0.3, 0.4) is 0 Å². The van der Waals surface area contributed by atoms with E-state index in [0.717, 1.165) is 11.1 Å². The molecule has 2 aromatic rings. The van der Waals surface area contributed by atoms with E-state index in [9.17, 15) is 4.79 Å². The van der Waals surface area contributed by atoms with Gasteiger partial charge in [-0.05, 0) is 23.1 Å². The van der Waals surface area contributed by atoms with Crippen molar-refractivity contribution in [3.05, 3.63) is 41.5 Å². The Labute approximate surface area is 117 Å². The molecule has 1 N–H and O–H groups in total. The third-order valence-corrected chi connectivity index (χ3v) is 3.65. The van der Waals surface area contributed by atoms with Gasteiger partial charge in [-0.2, -0.15) is 0 Å². The maximum atomic E-state index is 11.8. The summed E-state index contributed by atoms with van der Waals surface area (Å²) >= 11 is 1.69. The van der Waals surface area contributed by atoms with Crippen LogP contribution in [0.15, 0.2) is 36.0 Å². The number of nitrogens with one attached hydrogen (secondary N) is 1. The van der Waals surface area contributed by atoms with Gasteiger partial charge < -0.3 is 5.32 Å². The molecule has 0 aromatic carbocycles. The van der Waals surface area contributed by atoms with Crippen molar-refractivity contribution in [2.24, 2.45) is 5.41 Å². The van der Waals surface area contributed by atoms with E-state index in [1.165, 1.54) is 4.88 Å². The Morgan fingerprint density at radius 1 is 1.37 bits per heavy atom. The molecule has 4 heteroatoms. The number of rotatable bonds is 3. The van der Waals surface area contributed by atoms with Gasteiger partial charge in [0.15, 0.2) is 0 Å². The zero-order valence-corrected chi connectivity index (χ0v) is 12.3. The van der Waals surface area contributed by atoms with Gasteiger partial charge in [-0.25, -0.2) is 0 Å². The van der Waals surface area contributed by atoms with Crippen molar-refractivity contribution in [1.82, 2.24) is 10.3 Å². The van der Waals surface area contributed by atoms with Crippen molar-refractivity contribution in [3.63, 3.8) is 0 Å². The maximum Gasteiger partial charge on any atom is 0.225 e. The molecule has 0 saturated heterocycles. The second-order valence-electron chi connectivity index (χ2n) is 5.49. The minimum absolute atomic E-state index is 0.0500. The van der Waals surface area contributed by atoms with Crippen LogP contribution in [0.25, 0.3) is 10.4 Å². The quantitative estimate of drug-likeness (QED) is 0.931. The van der Waals surface area contributed by atoms with Crippen molar-refractivity contribution in [2.75, 3.05) is 0 Å². The number of hydrogen-bond donors (Lipinski definition) is 1. The van der Waals surface area contributed by atoms with Gasteiger partial charge >= 0.3 is 0 Å². The normalized spacial score (nSPS) is 11.3. The maximum absolute atomic E-state index is 11.8. The van der Waals surface area contributed by atoms with E-state index < -0.39 is 0 Å². The minimum Gasteiger partial charge on any atom is -0.352 e. The first kappa shape index (κ1) is 13.7. The summed E-state index contributed by atoms with van der Waals surface area (Å²) in [5, 5.41) is 4.98. The first-order chi connectivity index (χ1) is 8.97. The number of amides is 1. The molecular formula is C15H18N2OS. The zero-order valence-electron chi connectivity index (χ0n) is 11.4. The lowest BCUT2D eigenvalue weighted by molar-refractivity contribution is -0.128. The molecule has 0 radical (unpaired) electrons. The van der Waals surface area contributed by atoms with Gasteiger partial charge in [0.05, 0.1) is 0 Å². The summed E-state index contributed by atoms with van der Waals surface area (Å²) in [5.41, 5.74) is 1.75. The molecule has 0 aliphatic carbocycles. The molecular weight excluding hydrogens is 256 g/mol. The van der Waals surface area contributed by atoms with E-state index in [4.69, 9.17) is 0 Å². The smallest absolute Gasteiger partial charge is 0.225 e. The molecule has 100 valence electrons. The number of carbonyl (C=O) groups is 1. The van der Waals surface area contributed by atoms with Crippen molar-refractivity contribution in [3.8, 4) is 10.4 Å². The van der Waals surface area contributed by atoms with Crippen LogP contribution < -0.4 is 5.32 Å². The summed E-state index contributed by atoms with van der Waals surface area (Å²) in [4.78, 5) is 17.2. The molecule has 0 saturated carbocycles. The zero-order chi connectivity index (χ0) is 13.9. The van der Waals surface area contributed by atoms with Gasteiger partial charge in [-0.3, -0.25) is 9.78 Å². The van der Waals surface area contributed by atoms with E-state index in [2.05, 4.69) is 22.4 Å². The predicted molar refractivity (Wildman–Crippen MR) is 78.9 cm³/mol. The van der Waals surface area contributed by atoms with Crippen molar-refractivity contribution < 1.29 is 4.79 Å². The average Bonchev–Trinajstić information content (AvgIpc) is 2.89. The molecule has 0 bridgehead atoms. The fraction of sp³-hybridized carbons (Fsp3) is 0.333. The second-order valence-corrected chi connectivity index (χ2v) is 6.44. The second kappa shape index (κ2) is 5.53. The van der Waals surface area contributed by atoms with E-state index in [1.54, 1.807) is 17.5 Å². The summed E-state index contributed by atoms with van der Waals surface area (Å²) in [5.74, 6) is 0.0500. The Hall–Kier alpha value is -1.68. The fourth-order valence-electron chi connectivity index (χ4n) is 1.61. The summed E-state index contributed by atoms with van der Waals surface area (Å²) in [6.45, 7) is 6.23. The lowest BCUT2D eigenvalue weighted by Gasteiger charge is -2.17. The Kier molecular flexibility index (Phi) is 4.00. The topological polar surface area (TPSA) is 42.0 Å². The van der Waals surface area contributed by atoms with E-state index >= 15 is 0 Å². The Morgan fingerprint density at radius 3 is 2.79 bits per heavy atom. The fourth-order valence-corrected chi connectivity index (χ4v) is 2.32. The van der Waals surface area contributed by atoms with E-state index in [0.29, 0.717) is 6.54 Å². The lowest BCUT2D eigenvalue weighted by atomic mass is 9.95. The number of carbonyl (C=O) groups excluding carboxylic acids is 1. The highest BCUT2D eigenvalue weighted by Crippen LogP contribution is 2.24. The molecule has 0 spiro atoms. The molecule has 0 unspecified atom stereocenters. The van der Waals surface area contributed by atoms with Gasteiger partial charge in [-0.15, -0.1) is 11.3 Å². The molecule has 2 heterocycles. The van der Waals surface area contributed by atoms with Crippen LogP contribution in [-0.4, -0.2) is 10.9 Å². The highest BCUT2D eigenvalue weighted by molar-refractivity contribution is 7.13. The predicted octanol–water partition coefficient (Wildman–Crippen LogP) is 3.47. The average molecular weight is 274 g/mol. The van der Waals surface area contributed by atoms with E-state index in [-0.39, 0.29) is 11.3 Å². The van der Waals surface area contributed by atoms with Gasteiger partial charge in [-0.1, -0.05) is 26.8 Å². The van der Waals surface area contributed by atoms with Crippen LogP contribution >= 0.6 is 11.3 Å². The molecule has 0 atom stereocenters. The van der Waals surface area contributed by atoms with E-state index in [1.807, 2.05) is 38.4 Å². The van der Waals surface area contributed by atoms with Gasteiger partial charge in [0.2, 0.25) is 5.91 Å². The van der Waals surface area contributed by atoms with Crippen molar-refractivity contribution in [2.45, 2.75) is 27.3 Å². The highest BCUT2D eigenvalue weighted by Gasteiger charge is 2.20. The van der Waals surface area contributed by atoms with Crippen LogP contribution in [0.4, 0.5) is 0 Å². The molecule has 0 aliphatic heterocycles. The Morgan fingerprint density at radius 2 is 2.16 bits per heavy atom. The van der Waals surface area contributed by atoms with Gasteiger partial charge in [0, 0.05) is 34.8 Å². The number of thiophene rings is 1. The summed E-state index contributed by atoms with van der Waals surface area (Å²) in [6, 6.07) is 6.16. The molecule has 2 aromatic heterocycles. The summed E-state index contributed by atoms with van der Waals surface area (Å²) in [6.07, 6.45) is 3.64. The van der Waals surface area contributed by atoms with Gasteiger partial charge in [0.25, 0.3) is 0 Å². The summed E-state index contributed by atoms with van der Waals surface area (Å²) in [7, 11) is 0. The SMILES string of the molecule is CC(C)(C)C(=O)NCc1cncc(-c2cccs2)c1. The third kappa shape index (κ3) is 3.64. The summed E-state index contributed by atoms with van der Waals surface area (Å²) < 4.78 is 0. The molecule has 0 aliphatic rings. The number of aromatic nitrogens is 1. The standard InChI is InChI=1S/C15H18N2OS/c1-15(2,3)14(18)17-9-11-7-12(10-16-8-11)13-5-4-6-19-13/h4-8,10H,9H2,1-3H3,(H,17,18).